The van der Waals surface area contributed by atoms with Crippen molar-refractivity contribution in [3.63, 3.8) is 0 Å². The summed E-state index contributed by atoms with van der Waals surface area (Å²) in [4.78, 5) is 51.9. The second-order valence-corrected chi connectivity index (χ2v) is 13.9. The molecule has 13 rings (SSSR count). The molecular weight excluding hydrogens is 858 g/mol. The zero-order chi connectivity index (χ0) is 43.2. The number of hydrogen-bond donors (Lipinski definition) is 2. The Bertz CT molecular complexity index is 2850. The number of hydrogen-bond acceptors (Lipinski definition) is 10. The predicted molar refractivity (Wildman–Crippen MR) is 253 cm³/mol. The second-order valence-electron chi connectivity index (χ2n) is 13.9. The van der Waals surface area contributed by atoms with Crippen molar-refractivity contribution in [2.75, 3.05) is 0 Å². The summed E-state index contributed by atoms with van der Waals surface area (Å²) in [5.41, 5.74) is 6.45. The molecule has 0 spiro atoms. The predicted octanol–water partition coefficient (Wildman–Crippen LogP) is 11.2. The van der Waals surface area contributed by atoms with Crippen molar-refractivity contribution in [3.8, 4) is 45.6 Å². The van der Waals surface area contributed by atoms with Gasteiger partial charge in [0.15, 0.2) is 23.3 Å². The first-order chi connectivity index (χ1) is 31.8. The number of nitrogens with one attached hydrogen (secondary N) is 2. The van der Waals surface area contributed by atoms with Crippen molar-refractivity contribution in [1.82, 2.24) is 59.8 Å². The SMILES string of the molecule is [Zn].c1ccc2c(c1)-c1nc-2nc2[nH]c(nc3nc(nc4[nH]c(n1)c1ccccc41)-c1ccccc1-3)c1ccccc21.c1ccncc1.c1ccncc1.c1ccncc1.c1ccncc1. The van der Waals surface area contributed by atoms with Crippen LogP contribution < -0.4 is 0 Å². The number of rotatable bonds is 0. The summed E-state index contributed by atoms with van der Waals surface area (Å²) in [6, 6.07) is 55.1. The fraction of sp³-hybridized carbons (Fsp3) is 0. The Morgan fingerprint density at radius 3 is 0.631 bits per heavy atom. The fourth-order valence-corrected chi connectivity index (χ4v) is 6.84. The van der Waals surface area contributed by atoms with Crippen LogP contribution in [0.25, 0.3) is 89.7 Å². The van der Waals surface area contributed by atoms with Gasteiger partial charge in [-0.25, -0.2) is 29.9 Å². The Balaban J connectivity index is 0.000000186. The van der Waals surface area contributed by atoms with Crippen molar-refractivity contribution in [2.45, 2.75) is 0 Å². The molecule has 2 N–H and O–H groups in total. The van der Waals surface area contributed by atoms with Crippen LogP contribution in [0.5, 0.6) is 0 Å². The third-order valence-electron chi connectivity index (χ3n) is 9.73. The van der Waals surface area contributed by atoms with Gasteiger partial charge in [-0.2, -0.15) is 0 Å². The molecule has 11 aromatic rings. The van der Waals surface area contributed by atoms with Crippen LogP contribution in [0.15, 0.2) is 219 Å². The minimum Gasteiger partial charge on any atom is -0.324 e. The topological polar surface area (TPSA) is 160 Å². The molecule has 9 heterocycles. The number of pyridine rings is 4. The summed E-state index contributed by atoms with van der Waals surface area (Å²) in [6.45, 7) is 0. The standard InChI is InChI=1S/C32H18N8.4C5H5N.Zn/c1-2-10-18-17(9-1)25-33-26(18)38-28-21-13-5-6-14-22(21)30(35-28)40-32-24-16-8-7-15-23(24)31(36-32)39-29-20-12-4-3-11-19(20)27(34-29)37-25;4*1-2-4-6-5-3-1;/h1-16H,(H2,33,34,35,36,37,38,39,40);4*1-5H;. The Morgan fingerprint density at radius 2 is 0.446 bits per heavy atom. The van der Waals surface area contributed by atoms with E-state index in [9.17, 15) is 0 Å². The van der Waals surface area contributed by atoms with Gasteiger partial charge in [0.1, 0.15) is 22.6 Å². The third kappa shape index (κ3) is 10.4. The van der Waals surface area contributed by atoms with Gasteiger partial charge in [-0.1, -0.05) is 121 Å². The normalized spacial score (nSPS) is 10.3. The number of nitrogens with zero attached hydrogens (tertiary/aromatic N) is 10. The van der Waals surface area contributed by atoms with Gasteiger partial charge in [-0.05, 0) is 48.5 Å². The summed E-state index contributed by atoms with van der Waals surface area (Å²) in [5, 5.41) is 3.82. The maximum Gasteiger partial charge on any atom is 0.164 e. The van der Waals surface area contributed by atoms with Crippen LogP contribution in [0.4, 0.5) is 0 Å². The summed E-state index contributed by atoms with van der Waals surface area (Å²) >= 11 is 0. The quantitative estimate of drug-likeness (QED) is 0.140. The molecule has 0 saturated carbocycles. The van der Waals surface area contributed by atoms with E-state index >= 15 is 0 Å². The second kappa shape index (κ2) is 21.5. The number of fused-ring (bicyclic) bond motifs is 20. The van der Waals surface area contributed by atoms with Crippen molar-refractivity contribution < 1.29 is 19.5 Å². The molecule has 13 heteroatoms. The van der Waals surface area contributed by atoms with E-state index in [-0.39, 0.29) is 19.5 Å². The van der Waals surface area contributed by atoms with Crippen LogP contribution in [-0.2, 0) is 19.5 Å². The average molecular weight is 896 g/mol. The van der Waals surface area contributed by atoms with E-state index in [4.69, 9.17) is 29.9 Å². The fourth-order valence-electron chi connectivity index (χ4n) is 6.84. The first-order valence-electron chi connectivity index (χ1n) is 20.4. The van der Waals surface area contributed by atoms with Gasteiger partial charge in [-0.15, -0.1) is 0 Å². The molecule has 8 bridgehead atoms. The molecule has 7 aromatic heterocycles. The molecule has 2 aliphatic rings. The van der Waals surface area contributed by atoms with Gasteiger partial charge in [0, 0.05) is 113 Å². The van der Waals surface area contributed by atoms with E-state index in [0.717, 1.165) is 43.8 Å². The van der Waals surface area contributed by atoms with Crippen molar-refractivity contribution in [1.29, 1.82) is 0 Å². The van der Waals surface area contributed by atoms with Crippen molar-refractivity contribution in [3.05, 3.63) is 219 Å². The van der Waals surface area contributed by atoms with Crippen LogP contribution in [0.1, 0.15) is 0 Å². The largest absolute Gasteiger partial charge is 0.324 e. The number of H-pyrrole nitrogens is 2. The molecule has 308 valence electrons. The first-order valence-corrected chi connectivity index (χ1v) is 20.4. The van der Waals surface area contributed by atoms with Crippen LogP contribution in [-0.4, -0.2) is 59.8 Å². The molecule has 12 nitrogen and oxygen atoms in total. The Morgan fingerprint density at radius 1 is 0.231 bits per heavy atom. The van der Waals surface area contributed by atoms with Crippen LogP contribution in [0.2, 0.25) is 0 Å². The van der Waals surface area contributed by atoms with E-state index in [1.54, 1.807) is 49.6 Å². The average Bonchev–Trinajstić information content (AvgIpc) is 4.13. The first kappa shape index (κ1) is 43.1. The molecule has 0 atom stereocenters. The van der Waals surface area contributed by atoms with Gasteiger partial charge >= 0.3 is 0 Å². The molecule has 4 aromatic carbocycles. The molecular formula is C52H38N12Zn. The maximum atomic E-state index is 5.02. The Kier molecular flexibility index (Phi) is 14.3. The van der Waals surface area contributed by atoms with Crippen molar-refractivity contribution >= 4 is 44.1 Å². The monoisotopic (exact) mass is 894 g/mol. The number of benzene rings is 4. The summed E-state index contributed by atoms with van der Waals surface area (Å²) in [6.07, 6.45) is 14.0. The maximum absolute atomic E-state index is 5.02. The Labute approximate surface area is 386 Å². The van der Waals surface area contributed by atoms with Crippen LogP contribution in [0, 0.1) is 0 Å². The zero-order valence-electron chi connectivity index (χ0n) is 35.0. The summed E-state index contributed by atoms with van der Waals surface area (Å²) in [7, 11) is 0. The van der Waals surface area contributed by atoms with E-state index in [1.807, 2.05) is 170 Å². The zero-order valence-corrected chi connectivity index (χ0v) is 37.9. The number of aromatic nitrogens is 12. The van der Waals surface area contributed by atoms with Crippen LogP contribution >= 0.6 is 0 Å². The van der Waals surface area contributed by atoms with Gasteiger partial charge in [0.05, 0.1) is 0 Å². The van der Waals surface area contributed by atoms with Gasteiger partial charge < -0.3 is 9.97 Å². The molecule has 0 saturated heterocycles. The van der Waals surface area contributed by atoms with E-state index in [2.05, 4.69) is 29.9 Å². The van der Waals surface area contributed by atoms with Crippen LogP contribution in [0.3, 0.4) is 0 Å². The molecule has 0 amide bonds. The molecule has 0 aliphatic carbocycles. The molecule has 65 heavy (non-hydrogen) atoms. The Hall–Kier alpha value is -8.54. The van der Waals surface area contributed by atoms with Crippen molar-refractivity contribution in [2.24, 2.45) is 0 Å². The van der Waals surface area contributed by atoms with Gasteiger partial charge in [0.25, 0.3) is 0 Å². The van der Waals surface area contributed by atoms with Gasteiger partial charge in [-0.3, -0.25) is 19.9 Å². The van der Waals surface area contributed by atoms with E-state index in [0.29, 0.717) is 45.9 Å². The minimum absolute atomic E-state index is 0. The molecule has 0 unspecified atom stereocenters. The smallest absolute Gasteiger partial charge is 0.164 e. The molecule has 0 radical (unpaired) electrons. The van der Waals surface area contributed by atoms with Gasteiger partial charge in [0.2, 0.25) is 0 Å². The third-order valence-corrected chi connectivity index (χ3v) is 9.73. The van der Waals surface area contributed by atoms with E-state index in [1.165, 1.54) is 0 Å². The molecule has 2 aliphatic heterocycles. The summed E-state index contributed by atoms with van der Waals surface area (Å²) < 4.78 is 0. The minimum atomic E-state index is 0. The molecule has 0 fully saturated rings. The van der Waals surface area contributed by atoms with E-state index < -0.39 is 0 Å². The number of aromatic amines is 2. The summed E-state index contributed by atoms with van der Waals surface area (Å²) in [5.74, 6) is 2.39.